The molecule has 0 saturated carbocycles. The number of nitrogens with zero attached hydrogens (tertiary/aromatic N) is 1. The van der Waals surface area contributed by atoms with Crippen molar-refractivity contribution in [3.63, 3.8) is 0 Å². The molecule has 1 amide bonds. The van der Waals surface area contributed by atoms with Gasteiger partial charge in [0.1, 0.15) is 11.4 Å². The molecule has 1 fully saturated rings. The predicted molar refractivity (Wildman–Crippen MR) is 61.4 cm³/mol. The monoisotopic (exact) mass is 241 g/mol. The summed E-state index contributed by atoms with van der Waals surface area (Å²) < 4.78 is 10.5. The van der Waals surface area contributed by atoms with Crippen LogP contribution < -0.4 is 0 Å². The van der Waals surface area contributed by atoms with Gasteiger partial charge < -0.3 is 19.5 Å². The lowest BCUT2D eigenvalue weighted by Crippen LogP contribution is -2.65. The van der Waals surface area contributed by atoms with Gasteiger partial charge in [-0.1, -0.05) is 0 Å². The van der Waals surface area contributed by atoms with Crippen LogP contribution in [-0.4, -0.2) is 47.0 Å². The standard InChI is InChI=1S/C12H19NO4/c1-11(2,3)17-10(14)13-7-12(15,8-13)9-5-4-6-16-9/h5,15H,4,6-8H2,1-3H3. The third-order valence-electron chi connectivity index (χ3n) is 2.72. The van der Waals surface area contributed by atoms with Gasteiger partial charge in [-0.25, -0.2) is 4.79 Å². The van der Waals surface area contributed by atoms with Crippen molar-refractivity contribution < 1.29 is 19.4 Å². The van der Waals surface area contributed by atoms with Crippen LogP contribution >= 0.6 is 0 Å². The van der Waals surface area contributed by atoms with Crippen LogP contribution in [0.3, 0.4) is 0 Å². The van der Waals surface area contributed by atoms with Gasteiger partial charge in [-0.05, 0) is 26.8 Å². The molecule has 2 heterocycles. The van der Waals surface area contributed by atoms with E-state index in [1.807, 2.05) is 26.8 Å². The first-order valence-corrected chi connectivity index (χ1v) is 5.84. The number of carbonyl (C=O) groups is 1. The smallest absolute Gasteiger partial charge is 0.410 e. The fourth-order valence-electron chi connectivity index (χ4n) is 1.94. The van der Waals surface area contributed by atoms with Crippen molar-refractivity contribution >= 4 is 6.09 Å². The molecule has 1 saturated heterocycles. The van der Waals surface area contributed by atoms with Crippen LogP contribution in [0.15, 0.2) is 11.8 Å². The van der Waals surface area contributed by atoms with E-state index in [0.717, 1.165) is 6.42 Å². The minimum atomic E-state index is -1.01. The summed E-state index contributed by atoms with van der Waals surface area (Å²) in [7, 11) is 0. The Labute approximate surface area is 101 Å². The number of likely N-dealkylation sites (tertiary alicyclic amines) is 1. The van der Waals surface area contributed by atoms with Gasteiger partial charge in [-0.2, -0.15) is 0 Å². The minimum absolute atomic E-state index is 0.244. The van der Waals surface area contributed by atoms with E-state index < -0.39 is 11.2 Å². The Balaban J connectivity index is 1.88. The molecule has 5 heteroatoms. The summed E-state index contributed by atoms with van der Waals surface area (Å²) in [6.45, 7) is 6.56. The highest BCUT2D eigenvalue weighted by molar-refractivity contribution is 5.70. The molecular weight excluding hydrogens is 222 g/mol. The third-order valence-corrected chi connectivity index (χ3v) is 2.72. The maximum Gasteiger partial charge on any atom is 0.410 e. The second kappa shape index (κ2) is 3.91. The lowest BCUT2D eigenvalue weighted by atomic mass is 9.92. The Kier molecular flexibility index (Phi) is 2.81. The van der Waals surface area contributed by atoms with Gasteiger partial charge in [-0.15, -0.1) is 0 Å². The quantitative estimate of drug-likeness (QED) is 0.751. The average Bonchev–Trinajstić information content (AvgIpc) is 2.62. The zero-order valence-corrected chi connectivity index (χ0v) is 10.5. The molecule has 2 aliphatic heterocycles. The van der Waals surface area contributed by atoms with Crippen molar-refractivity contribution in [2.24, 2.45) is 0 Å². The molecule has 0 atom stereocenters. The second-order valence-electron chi connectivity index (χ2n) is 5.57. The molecule has 96 valence electrons. The third kappa shape index (κ3) is 2.54. The summed E-state index contributed by atoms with van der Waals surface area (Å²) in [5.41, 5.74) is -1.51. The number of carbonyl (C=O) groups excluding carboxylic acids is 1. The van der Waals surface area contributed by atoms with Crippen molar-refractivity contribution in [1.82, 2.24) is 4.90 Å². The Morgan fingerprint density at radius 2 is 2.18 bits per heavy atom. The van der Waals surface area contributed by atoms with E-state index in [9.17, 15) is 9.90 Å². The zero-order valence-electron chi connectivity index (χ0n) is 10.5. The van der Waals surface area contributed by atoms with Gasteiger partial charge >= 0.3 is 6.09 Å². The summed E-state index contributed by atoms with van der Waals surface area (Å²) in [5, 5.41) is 10.2. The minimum Gasteiger partial charge on any atom is -0.495 e. The van der Waals surface area contributed by atoms with E-state index in [1.165, 1.54) is 4.90 Å². The van der Waals surface area contributed by atoms with Crippen LogP contribution in [0.1, 0.15) is 27.2 Å². The maximum atomic E-state index is 11.7. The van der Waals surface area contributed by atoms with E-state index in [0.29, 0.717) is 12.4 Å². The van der Waals surface area contributed by atoms with Crippen molar-refractivity contribution in [1.29, 1.82) is 0 Å². The predicted octanol–water partition coefficient (Wildman–Crippen LogP) is 1.27. The molecule has 1 N–H and O–H groups in total. The number of amides is 1. The number of hydrogen-bond donors (Lipinski definition) is 1. The largest absolute Gasteiger partial charge is 0.495 e. The van der Waals surface area contributed by atoms with Gasteiger partial charge in [0.15, 0.2) is 5.60 Å². The van der Waals surface area contributed by atoms with Crippen LogP contribution in [0, 0.1) is 0 Å². The Bertz CT molecular complexity index is 350. The van der Waals surface area contributed by atoms with Crippen molar-refractivity contribution in [3.05, 3.63) is 11.8 Å². The normalized spacial score (nSPS) is 22.6. The van der Waals surface area contributed by atoms with Crippen LogP contribution in [0.2, 0.25) is 0 Å². The topological polar surface area (TPSA) is 59.0 Å². The molecule has 17 heavy (non-hydrogen) atoms. The van der Waals surface area contributed by atoms with Crippen LogP contribution in [0.25, 0.3) is 0 Å². The Morgan fingerprint density at radius 3 is 2.65 bits per heavy atom. The van der Waals surface area contributed by atoms with Gasteiger partial charge in [0, 0.05) is 6.42 Å². The molecule has 0 aromatic carbocycles. The summed E-state index contributed by atoms with van der Waals surface area (Å²) in [5.74, 6) is 0.595. The van der Waals surface area contributed by atoms with Crippen LogP contribution in [0.4, 0.5) is 4.79 Å². The van der Waals surface area contributed by atoms with E-state index in [4.69, 9.17) is 9.47 Å². The van der Waals surface area contributed by atoms with E-state index in [1.54, 1.807) is 0 Å². The summed E-state index contributed by atoms with van der Waals surface area (Å²) in [6.07, 6.45) is 2.32. The van der Waals surface area contributed by atoms with Crippen molar-refractivity contribution in [2.75, 3.05) is 19.7 Å². The maximum absolute atomic E-state index is 11.7. The fraction of sp³-hybridized carbons (Fsp3) is 0.750. The number of ether oxygens (including phenoxy) is 2. The molecular formula is C12H19NO4. The molecule has 0 bridgehead atoms. The molecule has 0 radical (unpaired) electrons. The molecule has 2 rings (SSSR count). The zero-order chi connectivity index (χ0) is 12.7. The lowest BCUT2D eigenvalue weighted by molar-refractivity contribution is -0.0984. The van der Waals surface area contributed by atoms with E-state index >= 15 is 0 Å². The molecule has 0 spiro atoms. The first-order chi connectivity index (χ1) is 7.80. The van der Waals surface area contributed by atoms with Crippen LogP contribution in [0.5, 0.6) is 0 Å². The number of β-amino-alcohol motifs (C(OH)–C–C–N with tert-alkyl or cyclic N) is 1. The van der Waals surface area contributed by atoms with Gasteiger partial charge in [0.05, 0.1) is 19.7 Å². The number of aliphatic hydroxyl groups is 1. The Hall–Kier alpha value is -1.23. The number of hydrogen-bond acceptors (Lipinski definition) is 4. The van der Waals surface area contributed by atoms with Gasteiger partial charge in [0.2, 0.25) is 0 Å². The first-order valence-electron chi connectivity index (χ1n) is 5.84. The SMILES string of the molecule is CC(C)(C)OC(=O)N1CC(O)(C2=CCCO2)C1. The average molecular weight is 241 g/mol. The summed E-state index contributed by atoms with van der Waals surface area (Å²) >= 11 is 0. The van der Waals surface area contributed by atoms with Crippen molar-refractivity contribution in [2.45, 2.75) is 38.4 Å². The molecule has 2 aliphatic rings. The van der Waals surface area contributed by atoms with E-state index in [-0.39, 0.29) is 19.2 Å². The molecule has 0 aromatic heterocycles. The fourth-order valence-corrected chi connectivity index (χ4v) is 1.94. The number of rotatable bonds is 1. The van der Waals surface area contributed by atoms with Gasteiger partial charge in [-0.3, -0.25) is 0 Å². The summed E-state index contributed by atoms with van der Waals surface area (Å²) in [4.78, 5) is 13.2. The lowest BCUT2D eigenvalue weighted by Gasteiger charge is -2.46. The first kappa shape index (κ1) is 12.2. The van der Waals surface area contributed by atoms with Crippen molar-refractivity contribution in [3.8, 4) is 0 Å². The van der Waals surface area contributed by atoms with E-state index in [2.05, 4.69) is 0 Å². The summed E-state index contributed by atoms with van der Waals surface area (Å²) in [6, 6.07) is 0. The highest BCUT2D eigenvalue weighted by atomic mass is 16.6. The highest BCUT2D eigenvalue weighted by Gasteiger charge is 2.49. The Morgan fingerprint density at radius 1 is 1.53 bits per heavy atom. The van der Waals surface area contributed by atoms with Gasteiger partial charge in [0.25, 0.3) is 0 Å². The molecule has 0 unspecified atom stereocenters. The molecule has 5 nitrogen and oxygen atoms in total. The molecule has 0 aliphatic carbocycles. The second-order valence-corrected chi connectivity index (χ2v) is 5.57. The molecule has 0 aromatic rings. The highest BCUT2D eigenvalue weighted by Crippen LogP contribution is 2.32. The van der Waals surface area contributed by atoms with Crippen LogP contribution in [-0.2, 0) is 9.47 Å².